The van der Waals surface area contributed by atoms with Gasteiger partial charge in [-0.05, 0) is 25.9 Å². The highest BCUT2D eigenvalue weighted by Crippen LogP contribution is 2.12. The van der Waals surface area contributed by atoms with Crippen molar-refractivity contribution in [2.45, 2.75) is 24.9 Å². The Balaban J connectivity index is 0.000000162. The van der Waals surface area contributed by atoms with Crippen molar-refractivity contribution in [2.24, 2.45) is 22.9 Å². The molecular formula is C6H18N4. The quantitative estimate of drug-likeness (QED) is 0.374. The molecule has 8 N–H and O–H groups in total. The van der Waals surface area contributed by atoms with Crippen LogP contribution in [0.5, 0.6) is 0 Å². The number of hydrogen-bond acceptors (Lipinski definition) is 4. The van der Waals surface area contributed by atoms with Crippen molar-refractivity contribution in [3.05, 3.63) is 0 Å². The first kappa shape index (κ1) is 9.84. The normalized spacial score (nSPS) is 28.8. The Kier molecular flexibility index (Phi) is 5.52. The van der Waals surface area contributed by atoms with Crippen LogP contribution in [0.1, 0.15) is 12.8 Å². The Morgan fingerprint density at radius 1 is 1.00 bits per heavy atom. The second-order valence-electron chi connectivity index (χ2n) is 2.49. The SMILES string of the molecule is NC1CC1N.NCCCN. The maximum absolute atomic E-state index is 5.24. The summed E-state index contributed by atoms with van der Waals surface area (Å²) < 4.78 is 0. The third-order valence-electron chi connectivity index (χ3n) is 1.30. The zero-order chi connectivity index (χ0) is 7.98. The predicted molar refractivity (Wildman–Crippen MR) is 43.3 cm³/mol. The van der Waals surface area contributed by atoms with E-state index in [4.69, 9.17) is 22.9 Å². The lowest BCUT2D eigenvalue weighted by Crippen LogP contribution is -2.12. The fraction of sp³-hybridized carbons (Fsp3) is 1.00. The zero-order valence-corrected chi connectivity index (χ0v) is 6.29. The highest BCUT2D eigenvalue weighted by Gasteiger charge is 2.28. The fourth-order valence-electron chi connectivity index (χ4n) is 0.354. The molecule has 0 amide bonds. The van der Waals surface area contributed by atoms with Gasteiger partial charge in [-0.3, -0.25) is 0 Å². The van der Waals surface area contributed by atoms with E-state index in [1.54, 1.807) is 0 Å². The Morgan fingerprint density at radius 3 is 1.30 bits per heavy atom. The molecule has 0 bridgehead atoms. The second-order valence-corrected chi connectivity index (χ2v) is 2.49. The third kappa shape index (κ3) is 5.97. The minimum absolute atomic E-state index is 0.329. The van der Waals surface area contributed by atoms with Crippen molar-refractivity contribution in [1.29, 1.82) is 0 Å². The molecule has 0 saturated heterocycles. The van der Waals surface area contributed by atoms with Crippen LogP contribution in [-0.4, -0.2) is 25.2 Å². The molecule has 0 aromatic carbocycles. The van der Waals surface area contributed by atoms with Crippen LogP contribution in [-0.2, 0) is 0 Å². The van der Waals surface area contributed by atoms with Gasteiger partial charge in [0.2, 0.25) is 0 Å². The van der Waals surface area contributed by atoms with Crippen LogP contribution < -0.4 is 22.9 Å². The molecule has 1 rings (SSSR count). The fourth-order valence-corrected chi connectivity index (χ4v) is 0.354. The van der Waals surface area contributed by atoms with Crippen molar-refractivity contribution < 1.29 is 0 Å². The van der Waals surface area contributed by atoms with Gasteiger partial charge in [0.1, 0.15) is 0 Å². The molecule has 4 nitrogen and oxygen atoms in total. The number of rotatable bonds is 2. The summed E-state index contributed by atoms with van der Waals surface area (Å²) in [5, 5.41) is 0. The molecule has 0 radical (unpaired) electrons. The van der Waals surface area contributed by atoms with Gasteiger partial charge in [-0.2, -0.15) is 0 Å². The molecule has 1 aliphatic rings. The van der Waals surface area contributed by atoms with Gasteiger partial charge >= 0.3 is 0 Å². The van der Waals surface area contributed by atoms with E-state index in [0.717, 1.165) is 25.9 Å². The van der Waals surface area contributed by atoms with Crippen LogP contribution in [0.2, 0.25) is 0 Å². The molecule has 1 fully saturated rings. The lowest BCUT2D eigenvalue weighted by Gasteiger charge is -1.81. The minimum Gasteiger partial charge on any atom is -0.330 e. The number of nitrogens with two attached hydrogens (primary N) is 4. The molecule has 62 valence electrons. The second kappa shape index (κ2) is 5.61. The molecule has 2 atom stereocenters. The Labute approximate surface area is 61.9 Å². The molecule has 0 aromatic rings. The average molecular weight is 146 g/mol. The van der Waals surface area contributed by atoms with Gasteiger partial charge in [0, 0.05) is 12.1 Å². The first-order valence-corrected chi connectivity index (χ1v) is 3.63. The zero-order valence-electron chi connectivity index (χ0n) is 6.29. The Morgan fingerprint density at radius 2 is 1.30 bits per heavy atom. The minimum atomic E-state index is 0.329. The number of hydrogen-bond donors (Lipinski definition) is 4. The first-order valence-electron chi connectivity index (χ1n) is 3.63. The van der Waals surface area contributed by atoms with Crippen LogP contribution in [0, 0.1) is 0 Å². The van der Waals surface area contributed by atoms with E-state index in [0.29, 0.717) is 12.1 Å². The lowest BCUT2D eigenvalue weighted by atomic mass is 10.4. The van der Waals surface area contributed by atoms with E-state index in [9.17, 15) is 0 Å². The smallest absolute Gasteiger partial charge is 0.0208 e. The first-order chi connectivity index (χ1) is 4.72. The largest absolute Gasteiger partial charge is 0.330 e. The van der Waals surface area contributed by atoms with E-state index < -0.39 is 0 Å². The van der Waals surface area contributed by atoms with E-state index in [-0.39, 0.29) is 0 Å². The monoisotopic (exact) mass is 146 g/mol. The molecule has 0 aliphatic heterocycles. The molecule has 4 heteroatoms. The van der Waals surface area contributed by atoms with Crippen LogP contribution in [0.4, 0.5) is 0 Å². The predicted octanol–water partition coefficient (Wildman–Crippen LogP) is -1.66. The van der Waals surface area contributed by atoms with Crippen molar-refractivity contribution in [3.8, 4) is 0 Å². The summed E-state index contributed by atoms with van der Waals surface area (Å²) in [7, 11) is 0. The van der Waals surface area contributed by atoms with E-state index in [2.05, 4.69) is 0 Å². The van der Waals surface area contributed by atoms with Crippen molar-refractivity contribution in [2.75, 3.05) is 13.1 Å². The Hall–Kier alpha value is -0.160. The van der Waals surface area contributed by atoms with Crippen LogP contribution in [0.25, 0.3) is 0 Å². The summed E-state index contributed by atoms with van der Waals surface area (Å²) in [5.41, 5.74) is 20.6. The van der Waals surface area contributed by atoms with Crippen LogP contribution in [0.15, 0.2) is 0 Å². The molecule has 2 unspecified atom stereocenters. The summed E-state index contributed by atoms with van der Waals surface area (Å²) in [5.74, 6) is 0. The summed E-state index contributed by atoms with van der Waals surface area (Å²) in [4.78, 5) is 0. The van der Waals surface area contributed by atoms with Gasteiger partial charge in [-0.25, -0.2) is 0 Å². The van der Waals surface area contributed by atoms with Gasteiger partial charge < -0.3 is 22.9 Å². The highest BCUT2D eigenvalue weighted by atomic mass is 14.9. The van der Waals surface area contributed by atoms with Crippen LogP contribution >= 0.6 is 0 Å². The molecule has 0 spiro atoms. The molecule has 1 saturated carbocycles. The third-order valence-corrected chi connectivity index (χ3v) is 1.30. The summed E-state index contributed by atoms with van der Waals surface area (Å²) in [6, 6.07) is 0.657. The molecule has 0 aromatic heterocycles. The topological polar surface area (TPSA) is 104 Å². The maximum atomic E-state index is 5.24. The lowest BCUT2D eigenvalue weighted by molar-refractivity contribution is 0.844. The van der Waals surface area contributed by atoms with E-state index >= 15 is 0 Å². The van der Waals surface area contributed by atoms with E-state index in [1.807, 2.05) is 0 Å². The van der Waals surface area contributed by atoms with Crippen molar-refractivity contribution in [3.63, 3.8) is 0 Å². The average Bonchev–Trinajstić information content (AvgIpc) is 2.49. The molecule has 1 aliphatic carbocycles. The van der Waals surface area contributed by atoms with Crippen molar-refractivity contribution >= 4 is 0 Å². The van der Waals surface area contributed by atoms with Gasteiger partial charge in [0.25, 0.3) is 0 Å². The summed E-state index contributed by atoms with van der Waals surface area (Å²) in [6.45, 7) is 1.44. The van der Waals surface area contributed by atoms with Crippen LogP contribution in [0.3, 0.4) is 0 Å². The maximum Gasteiger partial charge on any atom is 0.0208 e. The summed E-state index contributed by atoms with van der Waals surface area (Å²) in [6.07, 6.45) is 1.97. The van der Waals surface area contributed by atoms with Gasteiger partial charge in [0.05, 0.1) is 0 Å². The van der Waals surface area contributed by atoms with Gasteiger partial charge in [-0.1, -0.05) is 0 Å². The van der Waals surface area contributed by atoms with Crippen molar-refractivity contribution in [1.82, 2.24) is 0 Å². The van der Waals surface area contributed by atoms with Gasteiger partial charge in [-0.15, -0.1) is 0 Å². The molecule has 0 heterocycles. The summed E-state index contributed by atoms with van der Waals surface area (Å²) >= 11 is 0. The van der Waals surface area contributed by atoms with Gasteiger partial charge in [0.15, 0.2) is 0 Å². The molecule has 10 heavy (non-hydrogen) atoms. The Bertz CT molecular complexity index is 68.1. The molecular weight excluding hydrogens is 128 g/mol. The highest BCUT2D eigenvalue weighted by molar-refractivity contribution is 4.93. The standard InChI is InChI=1S/C3H8N2.C3H10N2/c4-2-1-3(2)5;4-2-1-3-5/h2-3H,1,4-5H2;1-5H2. The van der Waals surface area contributed by atoms with E-state index in [1.165, 1.54) is 0 Å².